The number of amides is 1. The van der Waals surface area contributed by atoms with Crippen molar-refractivity contribution in [1.29, 1.82) is 0 Å². The van der Waals surface area contributed by atoms with Crippen LogP contribution in [0, 0.1) is 0 Å². The SMILES string of the molecule is COC(=O)c1ccccc1NC(=O)c1cn(-c2ccc(OC)cc2)c(=O)c2ccccc12. The molecular formula is C25H20N2O5. The van der Waals surface area contributed by atoms with Gasteiger partial charge in [0, 0.05) is 22.7 Å². The van der Waals surface area contributed by atoms with Crippen LogP contribution in [0.1, 0.15) is 20.7 Å². The largest absolute Gasteiger partial charge is 0.497 e. The van der Waals surface area contributed by atoms with Gasteiger partial charge < -0.3 is 14.8 Å². The molecule has 32 heavy (non-hydrogen) atoms. The summed E-state index contributed by atoms with van der Waals surface area (Å²) in [5.41, 5.74) is 1.17. The van der Waals surface area contributed by atoms with Crippen LogP contribution in [0.5, 0.6) is 5.75 Å². The number of hydrogen-bond acceptors (Lipinski definition) is 5. The predicted octanol–water partition coefficient (Wildman–Crippen LogP) is 4.04. The minimum absolute atomic E-state index is 0.233. The van der Waals surface area contributed by atoms with Crippen LogP contribution in [0.15, 0.2) is 83.8 Å². The standard InChI is InChI=1S/C25H20N2O5/c1-31-17-13-11-16(12-14-17)27-15-21(18-7-3-4-8-19(18)24(27)29)23(28)26-22-10-6-5-9-20(22)25(30)32-2/h3-15H,1-2H3,(H,26,28). The second kappa shape index (κ2) is 8.77. The number of carbonyl (C=O) groups is 2. The Hall–Kier alpha value is -4.39. The van der Waals surface area contributed by atoms with Crippen molar-refractivity contribution < 1.29 is 19.1 Å². The number of para-hydroxylation sites is 1. The van der Waals surface area contributed by atoms with E-state index in [1.165, 1.54) is 17.9 Å². The van der Waals surface area contributed by atoms with Crippen LogP contribution >= 0.6 is 0 Å². The van der Waals surface area contributed by atoms with Crippen LogP contribution in [0.2, 0.25) is 0 Å². The molecule has 0 aliphatic carbocycles. The summed E-state index contributed by atoms with van der Waals surface area (Å²) in [4.78, 5) is 38.5. The molecule has 0 fully saturated rings. The van der Waals surface area contributed by atoms with E-state index < -0.39 is 11.9 Å². The summed E-state index contributed by atoms with van der Waals surface area (Å²) < 4.78 is 11.4. The zero-order valence-corrected chi connectivity index (χ0v) is 17.5. The number of nitrogens with zero attached hydrogens (tertiary/aromatic N) is 1. The molecule has 1 aromatic heterocycles. The van der Waals surface area contributed by atoms with Gasteiger partial charge in [-0.25, -0.2) is 4.79 Å². The van der Waals surface area contributed by atoms with Gasteiger partial charge in [0.1, 0.15) is 5.75 Å². The Labute approximate surface area is 183 Å². The Morgan fingerprint density at radius 1 is 0.812 bits per heavy atom. The van der Waals surface area contributed by atoms with E-state index in [-0.39, 0.29) is 16.7 Å². The average molecular weight is 428 g/mol. The number of carbonyl (C=O) groups excluding carboxylic acids is 2. The van der Waals surface area contributed by atoms with Gasteiger partial charge in [0.2, 0.25) is 0 Å². The molecule has 0 aliphatic rings. The van der Waals surface area contributed by atoms with Gasteiger partial charge in [-0.05, 0) is 42.5 Å². The summed E-state index contributed by atoms with van der Waals surface area (Å²) >= 11 is 0. The summed E-state index contributed by atoms with van der Waals surface area (Å²) in [6, 6.07) is 20.4. The molecule has 7 heteroatoms. The number of fused-ring (bicyclic) bond motifs is 1. The van der Waals surface area contributed by atoms with Crippen molar-refractivity contribution in [1.82, 2.24) is 4.57 Å². The topological polar surface area (TPSA) is 86.6 Å². The number of benzene rings is 3. The summed E-state index contributed by atoms with van der Waals surface area (Å²) in [5, 5.41) is 3.69. The van der Waals surface area contributed by atoms with Crippen molar-refractivity contribution in [3.05, 3.63) is 100 Å². The number of rotatable bonds is 5. The molecule has 0 atom stereocenters. The highest BCUT2D eigenvalue weighted by molar-refractivity contribution is 6.14. The van der Waals surface area contributed by atoms with E-state index in [0.29, 0.717) is 27.9 Å². The lowest BCUT2D eigenvalue weighted by Crippen LogP contribution is -2.23. The lowest BCUT2D eigenvalue weighted by molar-refractivity contribution is 0.0602. The molecule has 7 nitrogen and oxygen atoms in total. The molecule has 1 amide bonds. The fourth-order valence-corrected chi connectivity index (χ4v) is 3.48. The Bertz CT molecular complexity index is 1370. The zero-order chi connectivity index (χ0) is 22.7. The fourth-order valence-electron chi connectivity index (χ4n) is 3.48. The van der Waals surface area contributed by atoms with Crippen molar-refractivity contribution in [3.8, 4) is 11.4 Å². The van der Waals surface area contributed by atoms with E-state index in [0.717, 1.165) is 0 Å². The zero-order valence-electron chi connectivity index (χ0n) is 17.5. The molecule has 0 bridgehead atoms. The molecule has 4 rings (SSSR count). The molecule has 3 aromatic carbocycles. The minimum atomic E-state index is -0.561. The van der Waals surface area contributed by atoms with Crippen LogP contribution < -0.4 is 15.6 Å². The van der Waals surface area contributed by atoms with E-state index in [2.05, 4.69) is 5.32 Å². The number of methoxy groups -OCH3 is 2. The van der Waals surface area contributed by atoms with Crippen LogP contribution in [-0.4, -0.2) is 30.7 Å². The Kier molecular flexibility index (Phi) is 5.72. The van der Waals surface area contributed by atoms with Crippen LogP contribution in [-0.2, 0) is 4.74 Å². The molecular weight excluding hydrogens is 408 g/mol. The molecule has 1 heterocycles. The van der Waals surface area contributed by atoms with Gasteiger partial charge in [0.05, 0.1) is 31.0 Å². The van der Waals surface area contributed by atoms with Crippen LogP contribution in [0.4, 0.5) is 5.69 Å². The lowest BCUT2D eigenvalue weighted by Gasteiger charge is -2.14. The van der Waals surface area contributed by atoms with Gasteiger partial charge >= 0.3 is 5.97 Å². The molecule has 0 unspecified atom stereocenters. The maximum atomic E-state index is 13.3. The molecule has 0 saturated heterocycles. The monoisotopic (exact) mass is 428 g/mol. The van der Waals surface area contributed by atoms with E-state index in [1.807, 2.05) is 0 Å². The molecule has 0 saturated carbocycles. The first-order chi connectivity index (χ1) is 15.5. The number of aromatic nitrogens is 1. The molecule has 0 spiro atoms. The molecule has 1 N–H and O–H groups in total. The summed E-state index contributed by atoms with van der Waals surface area (Å²) in [6.07, 6.45) is 1.50. The Balaban J connectivity index is 1.84. The first kappa shape index (κ1) is 20.9. The maximum absolute atomic E-state index is 13.3. The van der Waals surface area contributed by atoms with Gasteiger partial charge in [-0.1, -0.05) is 30.3 Å². The van der Waals surface area contributed by atoms with Gasteiger partial charge in [-0.3, -0.25) is 14.2 Å². The minimum Gasteiger partial charge on any atom is -0.497 e. The van der Waals surface area contributed by atoms with Crippen molar-refractivity contribution in [3.63, 3.8) is 0 Å². The third-order valence-corrected chi connectivity index (χ3v) is 5.10. The highest BCUT2D eigenvalue weighted by atomic mass is 16.5. The van der Waals surface area contributed by atoms with Gasteiger partial charge in [-0.2, -0.15) is 0 Å². The predicted molar refractivity (Wildman–Crippen MR) is 122 cm³/mol. The Morgan fingerprint density at radius 3 is 2.16 bits per heavy atom. The van der Waals surface area contributed by atoms with Gasteiger partial charge in [0.25, 0.3) is 11.5 Å². The maximum Gasteiger partial charge on any atom is 0.339 e. The van der Waals surface area contributed by atoms with E-state index in [4.69, 9.17) is 9.47 Å². The second-order valence-corrected chi connectivity index (χ2v) is 6.95. The number of hydrogen-bond donors (Lipinski definition) is 1. The average Bonchev–Trinajstić information content (AvgIpc) is 2.84. The molecule has 160 valence electrons. The summed E-state index contributed by atoms with van der Waals surface area (Å²) in [6.45, 7) is 0. The number of esters is 1. The third kappa shape index (κ3) is 3.83. The smallest absolute Gasteiger partial charge is 0.339 e. The lowest BCUT2D eigenvalue weighted by atomic mass is 10.1. The quantitative estimate of drug-likeness (QED) is 0.485. The number of anilines is 1. The normalized spacial score (nSPS) is 10.6. The molecule has 4 aromatic rings. The van der Waals surface area contributed by atoms with Gasteiger partial charge in [-0.15, -0.1) is 0 Å². The molecule has 0 aliphatic heterocycles. The van der Waals surface area contributed by atoms with E-state index >= 15 is 0 Å². The van der Waals surface area contributed by atoms with Crippen molar-refractivity contribution in [2.75, 3.05) is 19.5 Å². The summed E-state index contributed by atoms with van der Waals surface area (Å²) in [5.74, 6) is -0.367. The van der Waals surface area contributed by atoms with Crippen LogP contribution in [0.25, 0.3) is 16.5 Å². The van der Waals surface area contributed by atoms with Gasteiger partial charge in [0.15, 0.2) is 0 Å². The number of nitrogens with one attached hydrogen (secondary N) is 1. The first-order valence-electron chi connectivity index (χ1n) is 9.81. The second-order valence-electron chi connectivity index (χ2n) is 6.95. The van der Waals surface area contributed by atoms with Crippen molar-refractivity contribution in [2.45, 2.75) is 0 Å². The molecule has 0 radical (unpaired) electrons. The third-order valence-electron chi connectivity index (χ3n) is 5.10. The highest BCUT2D eigenvalue weighted by Gasteiger charge is 2.18. The first-order valence-corrected chi connectivity index (χ1v) is 9.81. The fraction of sp³-hybridized carbons (Fsp3) is 0.0800. The van der Waals surface area contributed by atoms with E-state index in [1.54, 1.807) is 79.9 Å². The number of ether oxygens (including phenoxy) is 2. The van der Waals surface area contributed by atoms with Crippen molar-refractivity contribution >= 4 is 28.3 Å². The summed E-state index contributed by atoms with van der Waals surface area (Å²) in [7, 11) is 2.84. The highest BCUT2D eigenvalue weighted by Crippen LogP contribution is 2.22. The number of pyridine rings is 1. The van der Waals surface area contributed by atoms with E-state index in [9.17, 15) is 14.4 Å². The van der Waals surface area contributed by atoms with Crippen molar-refractivity contribution in [2.24, 2.45) is 0 Å². The Morgan fingerprint density at radius 2 is 1.47 bits per heavy atom. The van der Waals surface area contributed by atoms with Crippen LogP contribution in [0.3, 0.4) is 0 Å².